The van der Waals surface area contributed by atoms with Crippen molar-refractivity contribution in [1.29, 1.82) is 0 Å². The number of nitrogens with zero attached hydrogens (tertiary/aromatic N) is 3. The van der Waals surface area contributed by atoms with Crippen LogP contribution in [-0.4, -0.2) is 286 Å². The van der Waals surface area contributed by atoms with E-state index in [1.54, 1.807) is 48.6 Å². The number of rotatable bonds is 28. The number of amides is 1. The number of carbonyl (C=O) groups is 14. The molecule has 3 spiro atoms. The van der Waals surface area contributed by atoms with Crippen molar-refractivity contribution in [3.05, 3.63) is 141 Å². The highest BCUT2D eigenvalue weighted by Gasteiger charge is 2.76. The molecule has 702 valence electrons. The van der Waals surface area contributed by atoms with Crippen molar-refractivity contribution in [2.45, 2.75) is 263 Å². The standard InChI is InChI=1S/C33H35NO11.C31H35NO14.C28H34N2O10/c1-17(35)18(2)42-31(40)27(19-7-5-4-6-8-19)45-30(39)22(37)16-25(38)43-23-11-12-33(41)24-15-20-9-10-21(36)28-26(20)32(33,29(23)44-28)13-14-34(24)3;1-14(33)11-20(27(37)38)45-28(39)15(2)42-29(40)21(43-16(3)34)13-23(36)44-19-7-8-31(41)22-12-17-5-6-18(35)25-24(17)30(31,26(19)46-25)9-10-32(22)4;1-13(14(2)31)29-25(35)15(3)38-26(36)18(33)12-21(34)39-19-7-8-28(37)20-11-16-5-6-17(32)23-22(16)27(28,24(19)40-23)9-10-30(20)4/h4-11,18,22,24,27,29,36-37,41H,12-16H2,1-3H3;5-7,15,20-22,26,35,41H,8-13H2,1-4H3,(H,37,38);5-7,13,15,18,20,24,32-33,37H,8-12H2,1-4H3,(H,29,35)/t18-,22-,24+,27-,29-,32-,33+;15-,20+,21-,22+,26-,30-,31+;13-,15-,18-,20+,24-,27-,28+/m000/s1. The van der Waals surface area contributed by atoms with Crippen LogP contribution in [0.3, 0.4) is 0 Å². The highest BCUT2D eigenvalue weighted by molar-refractivity contribution is 5.92. The minimum atomic E-state index is -2.00. The van der Waals surface area contributed by atoms with Gasteiger partial charge in [0, 0.05) is 66.6 Å². The summed E-state index contributed by atoms with van der Waals surface area (Å²) in [6.45, 7) is 11.7. The van der Waals surface area contributed by atoms with Crippen molar-refractivity contribution in [3.8, 4) is 34.5 Å². The lowest BCUT2D eigenvalue weighted by atomic mass is 9.50. The van der Waals surface area contributed by atoms with Crippen LogP contribution in [-0.2, 0) is 145 Å². The van der Waals surface area contributed by atoms with Gasteiger partial charge in [-0.2, -0.15) is 0 Å². The number of aliphatic carboxylic acids is 1. The van der Waals surface area contributed by atoms with E-state index in [0.717, 1.165) is 48.6 Å². The minimum Gasteiger partial charge on any atom is -0.504 e. The number of carboxylic acids is 1. The third kappa shape index (κ3) is 16.7. The molecule has 4 aromatic rings. The van der Waals surface area contributed by atoms with E-state index in [9.17, 15) is 113 Å². The third-order valence-electron chi connectivity index (χ3n) is 27.6. The molecule has 16 rings (SSSR count). The van der Waals surface area contributed by atoms with Gasteiger partial charge in [-0.1, -0.05) is 48.5 Å². The SMILES string of the molecule is CC(=O)C[C@@H](OC(=O)[C@H](C)OC(=O)[C@H](CC(=O)OC1=CC[C@@]2(O)[C@H]3Cc4ccc(O)c5c4[C@@]2(CCN3C)[C@H]1O5)OC(C)=O)C(=O)O.CC(=O)[C@H](C)NC(=O)[C@H](C)OC(=O)[C@@H](O)CC(=O)OC1=CC[C@@]2(O)[C@H]3Cc4ccc(O)c5c4[C@@]2(CCN3C)[C@H]1O5.CC(=O)[C@H](C)OC(=O)[C@@H](OC(=O)[C@@H](O)CC(=O)OC1=CC[C@@]2(O)[C@H]3Cc4ccc(O)c5c4[C@@]2(CCN3C)[C@H]1O5)c1ccccc1. The molecular weight excluding hydrogens is 1720 g/mol. The number of esters is 9. The highest BCUT2D eigenvalue weighted by Crippen LogP contribution is 2.69. The largest absolute Gasteiger partial charge is 0.504 e. The molecule has 0 aromatic heterocycles. The van der Waals surface area contributed by atoms with E-state index < -0.39 is 209 Å². The molecule has 0 saturated carbocycles. The van der Waals surface area contributed by atoms with Crippen molar-refractivity contribution >= 4 is 82.9 Å². The van der Waals surface area contributed by atoms with E-state index in [0.29, 0.717) is 63.7 Å². The number of phenols is 3. The predicted molar refractivity (Wildman–Crippen MR) is 443 cm³/mol. The predicted octanol–water partition coefficient (Wildman–Crippen LogP) is 2.20. The first-order valence-electron chi connectivity index (χ1n) is 43.0. The highest BCUT2D eigenvalue weighted by atomic mass is 16.6. The molecule has 0 radical (unpaired) electrons. The maximum Gasteiger partial charge on any atom is 0.352 e. The van der Waals surface area contributed by atoms with Crippen molar-refractivity contribution in [2.24, 2.45) is 0 Å². The van der Waals surface area contributed by atoms with Gasteiger partial charge >= 0.3 is 59.7 Å². The first-order chi connectivity index (χ1) is 61.7. The van der Waals surface area contributed by atoms with Crippen LogP contribution in [0, 0.1) is 0 Å². The second-order valence-corrected chi connectivity index (χ2v) is 35.6. The van der Waals surface area contributed by atoms with E-state index in [1.807, 2.05) is 33.3 Å². The summed E-state index contributed by atoms with van der Waals surface area (Å²) in [6, 6.07) is 16.5. The Bertz CT molecular complexity index is 5470. The summed E-state index contributed by atoms with van der Waals surface area (Å²) in [6.07, 6.45) is -10.8. The van der Waals surface area contributed by atoms with Gasteiger partial charge < -0.3 is 123 Å². The smallest absolute Gasteiger partial charge is 0.352 e. The molecule has 3 fully saturated rings. The maximum absolute atomic E-state index is 13.2. The fourth-order valence-corrected chi connectivity index (χ4v) is 20.9. The molecule has 4 aromatic carbocycles. The van der Waals surface area contributed by atoms with E-state index in [2.05, 4.69) is 20.0 Å². The van der Waals surface area contributed by atoms with E-state index in [1.165, 1.54) is 58.9 Å². The number of ketones is 3. The molecule has 0 unspecified atom stereocenters. The van der Waals surface area contributed by atoms with E-state index in [-0.39, 0.29) is 101 Å². The number of hydrogen-bond donors (Lipinski definition) is 10. The Morgan fingerprint density at radius 1 is 0.443 bits per heavy atom. The maximum atomic E-state index is 13.2. The van der Waals surface area contributed by atoms with Gasteiger partial charge in [-0.05, 0) is 181 Å². The van der Waals surface area contributed by atoms with Crippen LogP contribution in [0.25, 0.3) is 0 Å². The lowest BCUT2D eigenvalue weighted by Crippen LogP contribution is -2.74. The number of likely N-dealkylation sites (tertiary alicyclic amines) is 3. The van der Waals surface area contributed by atoms with Gasteiger partial charge in [-0.15, -0.1) is 0 Å². The summed E-state index contributed by atoms with van der Waals surface area (Å²) in [7, 11) is 5.84. The number of aliphatic hydroxyl groups is 5. The normalized spacial score (nSPS) is 28.4. The first-order valence-corrected chi connectivity index (χ1v) is 43.0. The molecular formula is C92H104N4O35. The van der Waals surface area contributed by atoms with E-state index in [4.69, 9.17) is 56.8 Å². The van der Waals surface area contributed by atoms with Gasteiger partial charge in [0.05, 0.1) is 64.8 Å². The molecule has 6 aliphatic carbocycles. The quantitative estimate of drug-likeness (QED) is 0.0288. The number of nitrogens with one attached hydrogen (secondary N) is 1. The average molecular weight is 1830 g/mol. The number of aromatic hydroxyl groups is 3. The molecule has 12 aliphatic rings. The molecule has 131 heavy (non-hydrogen) atoms. The van der Waals surface area contributed by atoms with Gasteiger partial charge in [0.2, 0.25) is 18.3 Å². The van der Waals surface area contributed by atoms with Crippen molar-refractivity contribution in [1.82, 2.24) is 20.0 Å². The lowest BCUT2D eigenvalue weighted by Gasteiger charge is -2.61. The minimum absolute atomic E-state index is 0.0542. The molecule has 39 nitrogen and oxygen atoms in total. The average Bonchev–Trinajstić information content (AvgIpc) is 1.54. The number of Topliss-reactive ketones (excluding diaryl/α,β-unsaturated/α-hetero) is 3. The molecule has 3 saturated heterocycles. The molecule has 10 N–H and O–H groups in total. The number of ether oxygens (including phenoxy) is 12. The summed E-state index contributed by atoms with van der Waals surface area (Å²) < 4.78 is 65.8. The van der Waals surface area contributed by atoms with Gasteiger partial charge in [-0.3, -0.25) is 38.4 Å². The monoisotopic (exact) mass is 1820 g/mol. The number of carboxylic acid groups (broad SMARTS) is 1. The van der Waals surface area contributed by atoms with Gasteiger partial charge in [0.25, 0.3) is 5.91 Å². The van der Waals surface area contributed by atoms with E-state index >= 15 is 0 Å². The Hall–Kier alpha value is -12.2. The topological polar surface area (TPSA) is 554 Å². The fraction of sp³-hybridized carbons (Fsp3) is 0.522. The zero-order valence-corrected chi connectivity index (χ0v) is 73.5. The summed E-state index contributed by atoms with van der Waals surface area (Å²) in [5.41, 5.74) is -1.55. The Balaban J connectivity index is 0.000000159. The summed E-state index contributed by atoms with van der Waals surface area (Å²) in [4.78, 5) is 178. The van der Waals surface area contributed by atoms with Crippen molar-refractivity contribution in [3.63, 3.8) is 0 Å². The molecule has 6 bridgehead atoms. The second kappa shape index (κ2) is 36.1. The van der Waals surface area contributed by atoms with Crippen molar-refractivity contribution < 1.29 is 170 Å². The number of phenolic OH excluding ortho intramolecular Hbond substituents is 3. The van der Waals surface area contributed by atoms with Gasteiger partial charge in [0.1, 0.15) is 23.1 Å². The molecule has 21 atom stereocenters. The summed E-state index contributed by atoms with van der Waals surface area (Å²) in [5, 5.41) is 101. The van der Waals surface area contributed by atoms with Crippen LogP contribution in [0.5, 0.6) is 34.5 Å². The second-order valence-electron chi connectivity index (χ2n) is 35.6. The molecule has 6 aliphatic heterocycles. The van der Waals surface area contributed by atoms with Crippen molar-refractivity contribution in [2.75, 3.05) is 40.8 Å². The van der Waals surface area contributed by atoms with Crippen LogP contribution < -0.4 is 19.5 Å². The fourth-order valence-electron chi connectivity index (χ4n) is 20.9. The Morgan fingerprint density at radius 2 is 0.824 bits per heavy atom. The number of benzene rings is 4. The number of piperidine rings is 3. The van der Waals surface area contributed by atoms with Crippen LogP contribution in [0.1, 0.15) is 165 Å². The van der Waals surface area contributed by atoms with Crippen LogP contribution in [0.2, 0.25) is 0 Å². The lowest BCUT2D eigenvalue weighted by molar-refractivity contribution is -0.184. The van der Waals surface area contributed by atoms with Gasteiger partial charge in [-0.25, -0.2) is 28.8 Å². The number of carbonyl (C=O) groups excluding carboxylic acids is 13. The summed E-state index contributed by atoms with van der Waals surface area (Å²) >= 11 is 0. The molecule has 39 heteroatoms. The van der Waals surface area contributed by atoms with Crippen LogP contribution in [0.15, 0.2) is 102 Å². The van der Waals surface area contributed by atoms with Crippen LogP contribution >= 0.6 is 0 Å². The zero-order chi connectivity index (χ0) is 95.1. The third-order valence-corrected chi connectivity index (χ3v) is 27.6. The van der Waals surface area contributed by atoms with Crippen LogP contribution in [0.4, 0.5) is 0 Å². The Morgan fingerprint density at radius 3 is 1.20 bits per heavy atom. The molecule has 6 heterocycles. The Labute approximate surface area is 749 Å². The number of hydrogen-bond acceptors (Lipinski definition) is 37. The first kappa shape index (κ1) is 94.9. The van der Waals surface area contributed by atoms with Gasteiger partial charge in [0.15, 0.2) is 94.9 Å². The zero-order valence-electron chi connectivity index (χ0n) is 73.5. The summed E-state index contributed by atoms with van der Waals surface area (Å²) in [5.74, 6) is -12.8. The molecule has 1 amide bonds. The Kier molecular flexibility index (Phi) is 26.2. The number of likely N-dealkylation sites (N-methyl/N-ethyl adjacent to an activating group) is 3. The number of aliphatic hydroxyl groups excluding tert-OH is 2.